The number of carboxylic acids is 1. The molecule has 1 aliphatic rings. The zero-order chi connectivity index (χ0) is 20.7. The summed E-state index contributed by atoms with van der Waals surface area (Å²) in [7, 11) is 0. The summed E-state index contributed by atoms with van der Waals surface area (Å²) in [5.74, 6) is -0.447. The van der Waals surface area contributed by atoms with Crippen LogP contribution in [0, 0.1) is 17.2 Å². The fourth-order valence-corrected chi connectivity index (χ4v) is 4.75. The first-order chi connectivity index (χ1) is 13.9. The van der Waals surface area contributed by atoms with E-state index in [-0.39, 0.29) is 23.9 Å². The fourth-order valence-electron chi connectivity index (χ4n) is 3.69. The number of aliphatic carboxylic acids is 1. The molecule has 148 valence electrons. The number of rotatable bonds is 5. The Morgan fingerprint density at radius 3 is 2.76 bits per heavy atom. The lowest BCUT2D eigenvalue weighted by atomic mass is 9.81. The number of nitrogens with zero attached hydrogens (tertiary/aromatic N) is 3. The van der Waals surface area contributed by atoms with Crippen LogP contribution in [0.15, 0.2) is 34.0 Å². The number of benzene rings is 1. The van der Waals surface area contributed by atoms with E-state index >= 15 is 0 Å². The van der Waals surface area contributed by atoms with E-state index in [2.05, 4.69) is 16.4 Å². The largest absolute Gasteiger partial charge is 0.480 e. The highest BCUT2D eigenvalue weighted by atomic mass is 35.5. The zero-order valence-electron chi connectivity index (χ0n) is 15.5. The molecule has 2 aromatic heterocycles. The molecule has 2 heterocycles. The van der Waals surface area contributed by atoms with E-state index in [1.165, 1.54) is 16.3 Å². The van der Waals surface area contributed by atoms with E-state index in [1.54, 1.807) is 24.3 Å². The van der Waals surface area contributed by atoms with E-state index in [9.17, 15) is 14.7 Å². The molecule has 29 heavy (non-hydrogen) atoms. The minimum Gasteiger partial charge on any atom is -0.480 e. The van der Waals surface area contributed by atoms with Gasteiger partial charge in [0.05, 0.1) is 32.8 Å². The van der Waals surface area contributed by atoms with Gasteiger partial charge in [-0.1, -0.05) is 11.6 Å². The first kappa shape index (κ1) is 19.6. The van der Waals surface area contributed by atoms with E-state index in [0.717, 1.165) is 12.8 Å². The zero-order valence-corrected chi connectivity index (χ0v) is 17.0. The molecule has 3 aromatic rings. The van der Waals surface area contributed by atoms with Crippen molar-refractivity contribution in [1.82, 2.24) is 9.55 Å². The molecule has 1 saturated carbocycles. The maximum absolute atomic E-state index is 13.1. The molecule has 0 unspecified atom stereocenters. The molecule has 0 atom stereocenters. The van der Waals surface area contributed by atoms with Crippen molar-refractivity contribution in [2.75, 3.05) is 11.6 Å². The average molecular weight is 429 g/mol. The highest BCUT2D eigenvalue weighted by molar-refractivity contribution is 7.99. The second-order valence-corrected chi connectivity index (χ2v) is 8.22. The van der Waals surface area contributed by atoms with Gasteiger partial charge in [-0.15, -0.1) is 11.8 Å². The highest BCUT2D eigenvalue weighted by Crippen LogP contribution is 2.34. The Morgan fingerprint density at radius 1 is 1.38 bits per heavy atom. The summed E-state index contributed by atoms with van der Waals surface area (Å²) in [5, 5.41) is 22.9. The van der Waals surface area contributed by atoms with Crippen LogP contribution in [0.2, 0.25) is 5.02 Å². The minimum atomic E-state index is -1.04. The number of anilines is 1. The van der Waals surface area contributed by atoms with Crippen LogP contribution in [0.3, 0.4) is 0 Å². The normalized spacial score (nSPS) is 18.4. The third-order valence-electron chi connectivity index (χ3n) is 5.14. The fraction of sp³-hybridized carbons (Fsp3) is 0.300. The van der Waals surface area contributed by atoms with Crippen molar-refractivity contribution in [3.8, 4) is 6.07 Å². The SMILES string of the molecule is CSc1c(Cl)ccc2c(=O)c3ccc(NC4CC(C#N)C4)nc3n(CC(=O)O)c12. The van der Waals surface area contributed by atoms with E-state index in [1.807, 2.05) is 6.26 Å². The van der Waals surface area contributed by atoms with Crippen LogP contribution in [0.1, 0.15) is 12.8 Å². The van der Waals surface area contributed by atoms with Gasteiger partial charge in [0.1, 0.15) is 18.0 Å². The molecular weight excluding hydrogens is 412 g/mol. The van der Waals surface area contributed by atoms with E-state index in [0.29, 0.717) is 37.7 Å². The third-order valence-corrected chi connectivity index (χ3v) is 6.39. The molecule has 0 amide bonds. The van der Waals surface area contributed by atoms with Crippen LogP contribution in [-0.4, -0.2) is 32.9 Å². The lowest BCUT2D eigenvalue weighted by Crippen LogP contribution is -2.34. The van der Waals surface area contributed by atoms with Gasteiger partial charge in [-0.3, -0.25) is 9.59 Å². The molecule has 4 rings (SSSR count). The van der Waals surface area contributed by atoms with Crippen LogP contribution in [-0.2, 0) is 11.3 Å². The van der Waals surface area contributed by atoms with Crippen LogP contribution in [0.5, 0.6) is 0 Å². The van der Waals surface area contributed by atoms with E-state index in [4.69, 9.17) is 16.9 Å². The van der Waals surface area contributed by atoms with Crippen LogP contribution in [0.25, 0.3) is 21.9 Å². The predicted octanol–water partition coefficient (Wildman–Crippen LogP) is 3.72. The van der Waals surface area contributed by atoms with Gasteiger partial charge in [0.2, 0.25) is 0 Å². The lowest BCUT2D eigenvalue weighted by Gasteiger charge is -2.31. The molecule has 2 N–H and O–H groups in total. The summed E-state index contributed by atoms with van der Waals surface area (Å²) in [5.41, 5.74) is 0.558. The average Bonchev–Trinajstić information content (AvgIpc) is 2.67. The second-order valence-electron chi connectivity index (χ2n) is 6.99. The number of hydrogen-bond acceptors (Lipinski definition) is 6. The monoisotopic (exact) mass is 428 g/mol. The van der Waals surface area contributed by atoms with Crippen molar-refractivity contribution in [1.29, 1.82) is 5.26 Å². The third kappa shape index (κ3) is 3.41. The number of fused-ring (bicyclic) bond motifs is 2. The summed E-state index contributed by atoms with van der Waals surface area (Å²) in [4.78, 5) is 29.9. The number of nitrogens with one attached hydrogen (secondary N) is 1. The number of aromatic nitrogens is 2. The Balaban J connectivity index is 1.95. The number of carboxylic acid groups (broad SMARTS) is 1. The number of nitriles is 1. The van der Waals surface area contributed by atoms with Crippen molar-refractivity contribution in [3.05, 3.63) is 39.5 Å². The summed E-state index contributed by atoms with van der Waals surface area (Å²) in [6.45, 7) is -0.350. The van der Waals surface area contributed by atoms with Gasteiger partial charge in [0, 0.05) is 11.4 Å². The Hall–Kier alpha value is -2.76. The molecule has 1 aliphatic carbocycles. The number of pyridine rings is 2. The molecule has 0 radical (unpaired) electrons. The van der Waals surface area contributed by atoms with Crippen molar-refractivity contribution >= 4 is 57.1 Å². The molecule has 0 aliphatic heterocycles. The Morgan fingerprint density at radius 2 is 2.10 bits per heavy atom. The molecule has 0 saturated heterocycles. The molecule has 0 spiro atoms. The summed E-state index contributed by atoms with van der Waals surface area (Å²) < 4.78 is 1.54. The van der Waals surface area contributed by atoms with Gasteiger partial charge < -0.3 is 15.0 Å². The first-order valence-corrected chi connectivity index (χ1v) is 10.6. The summed E-state index contributed by atoms with van der Waals surface area (Å²) in [6, 6.07) is 9.03. The molecule has 7 nitrogen and oxygen atoms in total. The number of hydrogen-bond donors (Lipinski definition) is 2. The molecule has 9 heteroatoms. The van der Waals surface area contributed by atoms with Gasteiger partial charge in [-0.05, 0) is 43.4 Å². The van der Waals surface area contributed by atoms with Crippen molar-refractivity contribution < 1.29 is 9.90 Å². The smallest absolute Gasteiger partial charge is 0.323 e. The Bertz CT molecular complexity index is 1240. The Labute approximate surface area is 175 Å². The van der Waals surface area contributed by atoms with Gasteiger partial charge in [0.15, 0.2) is 5.43 Å². The quantitative estimate of drug-likeness (QED) is 0.470. The van der Waals surface area contributed by atoms with Crippen LogP contribution < -0.4 is 10.7 Å². The first-order valence-electron chi connectivity index (χ1n) is 9.00. The van der Waals surface area contributed by atoms with Crippen molar-refractivity contribution in [3.63, 3.8) is 0 Å². The highest BCUT2D eigenvalue weighted by Gasteiger charge is 2.29. The molecular formula is C20H17ClN4O3S. The standard InChI is InChI=1S/C20H17ClN4O3S/c1-29-19-14(21)4-2-12-17(19)25(9-16(26)27)20-13(18(12)28)3-5-15(24-20)23-11-6-10(7-11)8-22/h2-5,10-11H,6-7,9H2,1H3,(H,23,24)(H,26,27). The minimum absolute atomic E-state index is 0.0494. The maximum atomic E-state index is 13.1. The summed E-state index contributed by atoms with van der Waals surface area (Å²) >= 11 is 7.68. The summed E-state index contributed by atoms with van der Waals surface area (Å²) in [6.07, 6.45) is 3.30. The van der Waals surface area contributed by atoms with Gasteiger partial charge >= 0.3 is 5.97 Å². The predicted molar refractivity (Wildman–Crippen MR) is 114 cm³/mol. The van der Waals surface area contributed by atoms with E-state index < -0.39 is 5.97 Å². The molecule has 1 aromatic carbocycles. The van der Waals surface area contributed by atoms with Gasteiger partial charge in [0.25, 0.3) is 0 Å². The van der Waals surface area contributed by atoms with Crippen molar-refractivity contribution in [2.24, 2.45) is 5.92 Å². The van der Waals surface area contributed by atoms with Crippen LogP contribution >= 0.6 is 23.4 Å². The topological polar surface area (TPSA) is 108 Å². The molecule has 1 fully saturated rings. The number of halogens is 1. The van der Waals surface area contributed by atoms with Crippen LogP contribution in [0.4, 0.5) is 5.82 Å². The Kier molecular flexibility index (Phi) is 5.11. The number of carbonyl (C=O) groups is 1. The second kappa shape index (κ2) is 7.58. The van der Waals surface area contributed by atoms with Crippen molar-refractivity contribution in [2.45, 2.75) is 30.3 Å². The maximum Gasteiger partial charge on any atom is 0.323 e. The van der Waals surface area contributed by atoms with Gasteiger partial charge in [-0.25, -0.2) is 4.98 Å². The van der Waals surface area contributed by atoms with Gasteiger partial charge in [-0.2, -0.15) is 5.26 Å². The molecule has 0 bridgehead atoms. The number of thioether (sulfide) groups is 1. The lowest BCUT2D eigenvalue weighted by molar-refractivity contribution is -0.137.